The lowest BCUT2D eigenvalue weighted by atomic mass is 9.88. The van der Waals surface area contributed by atoms with E-state index < -0.39 is 0 Å². The van der Waals surface area contributed by atoms with E-state index in [0.29, 0.717) is 15.3 Å². The molecule has 3 rings (SSSR count). The number of fused-ring (bicyclic) bond motifs is 1. The quantitative estimate of drug-likeness (QED) is 0.622. The molecule has 0 amide bonds. The van der Waals surface area contributed by atoms with Crippen LogP contribution < -0.4 is 4.74 Å². The number of para-hydroxylation sites is 1. The molecule has 0 saturated heterocycles. The molecule has 1 aliphatic rings. The van der Waals surface area contributed by atoms with Gasteiger partial charge in [-0.1, -0.05) is 41.4 Å². The van der Waals surface area contributed by atoms with Gasteiger partial charge in [-0.15, -0.1) is 22.9 Å². The van der Waals surface area contributed by atoms with Crippen molar-refractivity contribution in [2.45, 2.75) is 17.7 Å². The maximum atomic E-state index is 6.64. The molecule has 1 aliphatic heterocycles. The molecule has 2 aromatic rings. The van der Waals surface area contributed by atoms with E-state index in [2.05, 4.69) is 6.07 Å². The van der Waals surface area contributed by atoms with Crippen molar-refractivity contribution in [3.05, 3.63) is 50.1 Å². The number of ether oxygens (including phenoxy) is 1. The van der Waals surface area contributed by atoms with Gasteiger partial charge in [0.1, 0.15) is 5.75 Å². The van der Waals surface area contributed by atoms with Crippen molar-refractivity contribution < 1.29 is 4.74 Å². The Morgan fingerprint density at radius 1 is 1.26 bits per heavy atom. The third kappa shape index (κ3) is 2.59. The Bertz CT molecular complexity index is 596. The van der Waals surface area contributed by atoms with Crippen LogP contribution >= 0.6 is 46.1 Å². The molecule has 0 saturated carbocycles. The van der Waals surface area contributed by atoms with Gasteiger partial charge in [0.2, 0.25) is 0 Å². The van der Waals surface area contributed by atoms with Gasteiger partial charge in [0.15, 0.2) is 0 Å². The predicted octanol–water partition coefficient (Wildman–Crippen LogP) is 5.90. The molecule has 0 N–H and O–H groups in total. The maximum absolute atomic E-state index is 6.64. The molecule has 5 heteroatoms. The zero-order valence-corrected chi connectivity index (χ0v) is 13.0. The first-order valence-corrected chi connectivity index (χ1v) is 7.98. The summed E-state index contributed by atoms with van der Waals surface area (Å²) in [6.45, 7) is 0.681. The molecule has 19 heavy (non-hydrogen) atoms. The molecule has 0 bridgehead atoms. The van der Waals surface area contributed by atoms with E-state index in [1.807, 2.05) is 24.3 Å². The van der Waals surface area contributed by atoms with Crippen LogP contribution in [0.2, 0.25) is 8.67 Å². The first-order chi connectivity index (χ1) is 9.16. The molecule has 1 aromatic heterocycles. The molecule has 2 heterocycles. The lowest BCUT2D eigenvalue weighted by Crippen LogP contribution is -2.17. The second kappa shape index (κ2) is 5.53. The fourth-order valence-electron chi connectivity index (χ4n) is 2.43. The highest BCUT2D eigenvalue weighted by Crippen LogP contribution is 2.48. The number of hydrogen-bond donors (Lipinski definition) is 0. The van der Waals surface area contributed by atoms with Gasteiger partial charge < -0.3 is 4.74 Å². The normalized spacial score (nSPS) is 19.6. The molecule has 1 nitrogen and oxygen atoms in total. The van der Waals surface area contributed by atoms with E-state index in [0.717, 1.165) is 23.3 Å². The van der Waals surface area contributed by atoms with Crippen LogP contribution in [0.4, 0.5) is 0 Å². The minimum Gasteiger partial charge on any atom is -0.493 e. The Hall–Kier alpha value is -0.410. The zero-order chi connectivity index (χ0) is 13.4. The van der Waals surface area contributed by atoms with Crippen LogP contribution in [0.25, 0.3) is 0 Å². The average molecular weight is 334 g/mol. The Labute approximate surface area is 131 Å². The topological polar surface area (TPSA) is 9.23 Å². The Kier molecular flexibility index (Phi) is 3.95. The van der Waals surface area contributed by atoms with Crippen LogP contribution in [0, 0.1) is 0 Å². The highest BCUT2D eigenvalue weighted by molar-refractivity contribution is 7.20. The maximum Gasteiger partial charge on any atom is 0.122 e. The molecular weight excluding hydrogens is 323 g/mol. The number of rotatable bonds is 2. The van der Waals surface area contributed by atoms with Crippen LogP contribution in [0.1, 0.15) is 28.8 Å². The van der Waals surface area contributed by atoms with E-state index in [1.54, 1.807) is 0 Å². The lowest BCUT2D eigenvalue weighted by Gasteiger charge is -2.29. The fraction of sp³-hybridized carbons (Fsp3) is 0.286. The van der Waals surface area contributed by atoms with Crippen LogP contribution in [0.5, 0.6) is 5.75 Å². The van der Waals surface area contributed by atoms with Crippen LogP contribution in [0.3, 0.4) is 0 Å². The molecular formula is C14H11Cl3OS. The third-order valence-corrected chi connectivity index (χ3v) is 5.40. The Morgan fingerprint density at radius 2 is 2.05 bits per heavy atom. The molecule has 2 atom stereocenters. The SMILES string of the molecule is Clc1cc(C(Cl)C2CCOc3ccccc32)c(Cl)s1. The lowest BCUT2D eigenvalue weighted by molar-refractivity contribution is 0.265. The molecule has 0 aliphatic carbocycles. The van der Waals surface area contributed by atoms with Crippen molar-refractivity contribution in [2.75, 3.05) is 6.61 Å². The molecule has 0 spiro atoms. The Morgan fingerprint density at radius 3 is 2.79 bits per heavy atom. The van der Waals surface area contributed by atoms with Crippen LogP contribution in [-0.4, -0.2) is 6.61 Å². The highest BCUT2D eigenvalue weighted by atomic mass is 35.5. The largest absolute Gasteiger partial charge is 0.493 e. The van der Waals surface area contributed by atoms with Crippen molar-refractivity contribution in [3.8, 4) is 5.75 Å². The van der Waals surface area contributed by atoms with Crippen LogP contribution in [-0.2, 0) is 0 Å². The summed E-state index contributed by atoms with van der Waals surface area (Å²) in [6.07, 6.45) is 0.884. The molecule has 1 aromatic carbocycles. The zero-order valence-electron chi connectivity index (χ0n) is 9.91. The minimum absolute atomic E-state index is 0.179. The smallest absolute Gasteiger partial charge is 0.122 e. The average Bonchev–Trinajstić information content (AvgIpc) is 2.76. The summed E-state index contributed by atoms with van der Waals surface area (Å²) in [6, 6.07) is 9.89. The summed E-state index contributed by atoms with van der Waals surface area (Å²) in [5.41, 5.74) is 2.06. The van der Waals surface area contributed by atoms with Crippen LogP contribution in [0.15, 0.2) is 30.3 Å². The van der Waals surface area contributed by atoms with Crippen molar-refractivity contribution >= 4 is 46.1 Å². The van der Waals surface area contributed by atoms with Gasteiger partial charge in [-0.3, -0.25) is 0 Å². The number of thiophene rings is 1. The van der Waals surface area contributed by atoms with E-state index in [4.69, 9.17) is 39.5 Å². The number of halogens is 3. The second-order valence-corrected chi connectivity index (χ2v) is 7.22. The summed E-state index contributed by atoms with van der Waals surface area (Å²) < 4.78 is 7.01. The molecule has 0 radical (unpaired) electrons. The van der Waals surface area contributed by atoms with Gasteiger partial charge in [-0.2, -0.15) is 0 Å². The molecule has 100 valence electrons. The van der Waals surface area contributed by atoms with E-state index in [9.17, 15) is 0 Å². The van der Waals surface area contributed by atoms with Gasteiger partial charge in [-0.25, -0.2) is 0 Å². The number of hydrogen-bond acceptors (Lipinski definition) is 2. The highest BCUT2D eigenvalue weighted by Gasteiger charge is 2.30. The summed E-state index contributed by atoms with van der Waals surface area (Å²) in [7, 11) is 0. The predicted molar refractivity (Wildman–Crippen MR) is 82.2 cm³/mol. The molecule has 2 unspecified atom stereocenters. The first-order valence-electron chi connectivity index (χ1n) is 5.97. The summed E-state index contributed by atoms with van der Waals surface area (Å²) in [5, 5.41) is -0.179. The molecule has 0 fully saturated rings. The van der Waals surface area contributed by atoms with Crippen molar-refractivity contribution in [1.29, 1.82) is 0 Å². The third-order valence-electron chi connectivity index (χ3n) is 3.34. The van der Waals surface area contributed by atoms with Crippen molar-refractivity contribution in [1.82, 2.24) is 0 Å². The van der Waals surface area contributed by atoms with Crippen molar-refractivity contribution in [3.63, 3.8) is 0 Å². The van der Waals surface area contributed by atoms with Gasteiger partial charge in [0, 0.05) is 11.5 Å². The fourth-order valence-corrected chi connectivity index (χ4v) is 4.54. The number of alkyl halides is 1. The second-order valence-electron chi connectivity index (χ2n) is 4.46. The van der Waals surface area contributed by atoms with Gasteiger partial charge in [-0.05, 0) is 24.1 Å². The summed E-state index contributed by atoms with van der Waals surface area (Å²) in [4.78, 5) is 0. The minimum atomic E-state index is -0.179. The summed E-state index contributed by atoms with van der Waals surface area (Å²) >= 11 is 20.2. The van der Waals surface area contributed by atoms with Gasteiger partial charge in [0.05, 0.1) is 20.7 Å². The van der Waals surface area contributed by atoms with Gasteiger partial charge >= 0.3 is 0 Å². The first kappa shape index (κ1) is 13.6. The summed E-state index contributed by atoms with van der Waals surface area (Å²) in [5.74, 6) is 1.12. The van der Waals surface area contributed by atoms with Crippen molar-refractivity contribution in [2.24, 2.45) is 0 Å². The number of benzene rings is 1. The van der Waals surface area contributed by atoms with E-state index in [1.165, 1.54) is 11.3 Å². The Balaban J connectivity index is 1.97. The standard InChI is InChI=1S/C14H11Cl3OS/c15-12-7-10(14(17)19-12)13(16)9-5-6-18-11-4-2-1-3-8(9)11/h1-4,7,9,13H,5-6H2. The monoisotopic (exact) mass is 332 g/mol. The van der Waals surface area contributed by atoms with E-state index >= 15 is 0 Å². The van der Waals surface area contributed by atoms with E-state index in [-0.39, 0.29) is 11.3 Å². The van der Waals surface area contributed by atoms with Gasteiger partial charge in [0.25, 0.3) is 0 Å².